The Morgan fingerprint density at radius 3 is 2.74 bits per heavy atom. The van der Waals surface area contributed by atoms with Gasteiger partial charge in [0.2, 0.25) is 0 Å². The number of hydrogen-bond acceptors (Lipinski definition) is 4. The number of anilines is 1. The van der Waals surface area contributed by atoms with Crippen molar-refractivity contribution in [2.24, 2.45) is 11.7 Å². The number of phenols is 1. The minimum absolute atomic E-state index is 0.0806. The van der Waals surface area contributed by atoms with Gasteiger partial charge in [0, 0.05) is 17.2 Å². The molecule has 0 amide bonds. The first-order valence-electron chi connectivity index (χ1n) is 10.4. The van der Waals surface area contributed by atoms with E-state index in [1.54, 1.807) is 7.11 Å². The van der Waals surface area contributed by atoms with E-state index in [2.05, 4.69) is 58.2 Å². The molecule has 158 valence electrons. The van der Waals surface area contributed by atoms with Crippen LogP contribution in [0.25, 0.3) is 0 Å². The predicted molar refractivity (Wildman–Crippen MR) is 131 cm³/mol. The molecule has 0 spiro atoms. The van der Waals surface area contributed by atoms with Crippen LogP contribution in [0.5, 0.6) is 11.5 Å². The highest BCUT2D eigenvalue weighted by atomic mass is 127. The Morgan fingerprint density at radius 1 is 1.16 bits per heavy atom. The van der Waals surface area contributed by atoms with Crippen molar-refractivity contribution in [1.29, 1.82) is 5.41 Å². The highest BCUT2D eigenvalue weighted by Crippen LogP contribution is 2.53. The molecule has 0 aromatic heterocycles. The molecule has 0 saturated heterocycles. The van der Waals surface area contributed by atoms with Gasteiger partial charge in [-0.15, -0.1) is 0 Å². The fraction of sp³-hybridized carbons (Fsp3) is 0.240. The van der Waals surface area contributed by atoms with Crippen LogP contribution in [0.3, 0.4) is 0 Å². The first kappa shape index (κ1) is 20.2. The number of aromatic hydroxyl groups is 1. The molecule has 1 aliphatic carbocycles. The fourth-order valence-electron chi connectivity index (χ4n) is 5.20. The molecule has 31 heavy (non-hydrogen) atoms. The van der Waals surface area contributed by atoms with Crippen molar-refractivity contribution in [3.05, 3.63) is 86.0 Å². The maximum atomic E-state index is 10.3. The maximum Gasteiger partial charge on any atom is 0.171 e. The van der Waals surface area contributed by atoms with E-state index in [-0.39, 0.29) is 23.5 Å². The van der Waals surface area contributed by atoms with Crippen LogP contribution >= 0.6 is 22.6 Å². The van der Waals surface area contributed by atoms with Gasteiger partial charge >= 0.3 is 0 Å². The summed E-state index contributed by atoms with van der Waals surface area (Å²) in [5.41, 5.74) is 12.7. The van der Waals surface area contributed by atoms with E-state index in [9.17, 15) is 5.11 Å². The fourth-order valence-corrected chi connectivity index (χ4v) is 5.82. The molecule has 0 bridgehead atoms. The van der Waals surface area contributed by atoms with Gasteiger partial charge in [-0.05, 0) is 93.9 Å². The smallest absolute Gasteiger partial charge is 0.171 e. The zero-order valence-electron chi connectivity index (χ0n) is 17.2. The third-order valence-corrected chi connectivity index (χ3v) is 7.45. The summed E-state index contributed by atoms with van der Waals surface area (Å²) in [6.45, 7) is 0. The number of rotatable bonds is 3. The van der Waals surface area contributed by atoms with Crippen LogP contribution in [0.4, 0.5) is 5.69 Å². The predicted octanol–water partition coefficient (Wildman–Crippen LogP) is 5.15. The first-order valence-corrected chi connectivity index (χ1v) is 11.4. The molecule has 0 saturated carbocycles. The number of halogens is 1. The average molecular weight is 525 g/mol. The maximum absolute atomic E-state index is 10.3. The van der Waals surface area contributed by atoms with Crippen molar-refractivity contribution in [2.45, 2.75) is 24.8 Å². The van der Waals surface area contributed by atoms with E-state index in [1.165, 1.54) is 16.7 Å². The molecule has 5 N–H and O–H groups in total. The zero-order valence-corrected chi connectivity index (χ0v) is 19.3. The van der Waals surface area contributed by atoms with Crippen molar-refractivity contribution >= 4 is 34.1 Å². The van der Waals surface area contributed by atoms with Gasteiger partial charge in [0.25, 0.3) is 0 Å². The molecule has 1 heterocycles. The molecule has 3 atom stereocenters. The highest BCUT2D eigenvalue weighted by molar-refractivity contribution is 14.1. The van der Waals surface area contributed by atoms with Crippen LogP contribution in [-0.4, -0.2) is 18.1 Å². The lowest BCUT2D eigenvalue weighted by molar-refractivity contribution is 0.343. The van der Waals surface area contributed by atoms with Gasteiger partial charge in [0.05, 0.1) is 16.7 Å². The number of hydrogen-bond donors (Lipinski definition) is 4. The van der Waals surface area contributed by atoms with Crippen molar-refractivity contribution in [1.82, 2.24) is 0 Å². The Balaban J connectivity index is 1.70. The average Bonchev–Trinajstić information content (AvgIpc) is 2.79. The number of nitrogens with two attached hydrogens (primary N) is 1. The largest absolute Gasteiger partial charge is 0.504 e. The third kappa shape index (κ3) is 3.33. The summed E-state index contributed by atoms with van der Waals surface area (Å²) in [4.78, 5) is 0. The van der Waals surface area contributed by atoms with E-state index < -0.39 is 0 Å². The number of nitrogens with one attached hydrogen (secondary N) is 2. The number of aryl methyl sites for hydroxylation is 1. The molecule has 6 heteroatoms. The van der Waals surface area contributed by atoms with Crippen LogP contribution in [0, 0.1) is 14.9 Å². The quantitative estimate of drug-likeness (QED) is 0.216. The molecule has 3 unspecified atom stereocenters. The van der Waals surface area contributed by atoms with E-state index in [0.29, 0.717) is 11.7 Å². The van der Waals surface area contributed by atoms with E-state index in [0.717, 1.165) is 33.2 Å². The van der Waals surface area contributed by atoms with Gasteiger partial charge in [-0.3, -0.25) is 5.41 Å². The molecular weight excluding hydrogens is 501 g/mol. The third-order valence-electron chi connectivity index (χ3n) is 6.63. The van der Waals surface area contributed by atoms with Crippen LogP contribution in [0.2, 0.25) is 0 Å². The zero-order chi connectivity index (χ0) is 21.7. The molecule has 5 nitrogen and oxygen atoms in total. The topological polar surface area (TPSA) is 91.4 Å². The molecule has 1 aliphatic heterocycles. The molecule has 2 aliphatic rings. The van der Waals surface area contributed by atoms with E-state index in [1.807, 2.05) is 24.3 Å². The van der Waals surface area contributed by atoms with Crippen LogP contribution in [0.1, 0.15) is 46.2 Å². The number of fused-ring (bicyclic) bond motifs is 5. The summed E-state index contributed by atoms with van der Waals surface area (Å²) in [5, 5.41) is 22.0. The van der Waals surface area contributed by atoms with Gasteiger partial charge in [0.1, 0.15) is 5.84 Å². The highest BCUT2D eigenvalue weighted by Gasteiger charge is 2.41. The summed E-state index contributed by atoms with van der Waals surface area (Å²) in [6.07, 6.45) is 2.08. The minimum Gasteiger partial charge on any atom is -0.504 e. The van der Waals surface area contributed by atoms with E-state index >= 15 is 0 Å². The van der Waals surface area contributed by atoms with Crippen molar-refractivity contribution in [2.75, 3.05) is 12.4 Å². The van der Waals surface area contributed by atoms with Crippen LogP contribution in [-0.2, 0) is 6.42 Å². The second-order valence-electron chi connectivity index (χ2n) is 8.27. The van der Waals surface area contributed by atoms with Crippen molar-refractivity contribution < 1.29 is 9.84 Å². The summed E-state index contributed by atoms with van der Waals surface area (Å²) in [7, 11) is 1.58. The number of methoxy groups -OCH3 is 1. The minimum atomic E-state index is 0.0806. The number of nitrogen functional groups attached to an aromatic ring is 1. The second kappa shape index (κ2) is 7.75. The molecule has 0 radical (unpaired) electrons. The Hall–Kier alpha value is -2.74. The summed E-state index contributed by atoms with van der Waals surface area (Å²) < 4.78 is 6.22. The molecule has 0 fully saturated rings. The van der Waals surface area contributed by atoms with Gasteiger partial charge in [-0.1, -0.05) is 24.3 Å². The monoisotopic (exact) mass is 525 g/mol. The Labute approximate surface area is 195 Å². The molecular formula is C25H24IN3O2. The lowest BCUT2D eigenvalue weighted by Crippen LogP contribution is -2.35. The molecule has 5 rings (SSSR count). The van der Waals surface area contributed by atoms with Gasteiger partial charge in [-0.2, -0.15) is 0 Å². The van der Waals surface area contributed by atoms with Gasteiger partial charge in [0.15, 0.2) is 11.5 Å². The number of ether oxygens (including phenoxy) is 1. The van der Waals surface area contributed by atoms with Crippen LogP contribution in [0.15, 0.2) is 54.6 Å². The van der Waals surface area contributed by atoms with Crippen LogP contribution < -0.4 is 15.8 Å². The second-order valence-corrected chi connectivity index (χ2v) is 9.43. The van der Waals surface area contributed by atoms with Gasteiger partial charge < -0.3 is 20.9 Å². The first-order chi connectivity index (χ1) is 15.0. The SMILES string of the molecule is COc1cc(C2Nc3ccc(C(=N)N)cc3C3c4ccccc4CCC23)cc(I)c1O. The lowest BCUT2D eigenvalue weighted by atomic mass is 9.65. The Bertz CT molecular complexity index is 1190. The Kier molecular flexibility index (Phi) is 5.04. The Morgan fingerprint density at radius 2 is 1.97 bits per heavy atom. The number of benzene rings is 3. The summed E-state index contributed by atoms with van der Waals surface area (Å²) in [6, 6.07) is 18.8. The lowest BCUT2D eigenvalue weighted by Gasteiger charge is -2.45. The molecule has 3 aromatic carbocycles. The van der Waals surface area contributed by atoms with Crippen molar-refractivity contribution in [3.8, 4) is 11.5 Å². The molecule has 3 aromatic rings. The van der Waals surface area contributed by atoms with Gasteiger partial charge in [-0.25, -0.2) is 0 Å². The normalized spacial score (nSPS) is 21.3. The van der Waals surface area contributed by atoms with E-state index in [4.69, 9.17) is 15.9 Å². The number of amidine groups is 1. The summed E-state index contributed by atoms with van der Waals surface area (Å²) in [5.74, 6) is 1.30. The van der Waals surface area contributed by atoms with Crippen molar-refractivity contribution in [3.63, 3.8) is 0 Å². The standard InChI is InChI=1S/C25H24IN3O2/c1-31-21-12-15(11-19(26)24(21)30)23-17-8-6-13-4-2-3-5-16(13)22(17)18-10-14(25(27)28)7-9-20(18)29-23/h2-5,7,9-12,17,22-23,29-30H,6,8H2,1H3,(H3,27,28). The number of phenolic OH excluding ortho intramolecular Hbond substituents is 1. The summed E-state index contributed by atoms with van der Waals surface area (Å²) >= 11 is 2.16.